The number of rotatable bonds is 4. The van der Waals surface area contributed by atoms with Gasteiger partial charge in [-0.2, -0.15) is 10.1 Å². The van der Waals surface area contributed by atoms with Gasteiger partial charge >= 0.3 is 0 Å². The number of benzene rings is 1. The van der Waals surface area contributed by atoms with Gasteiger partial charge in [0.25, 0.3) is 0 Å². The molecule has 0 N–H and O–H groups in total. The average Bonchev–Trinajstić information content (AvgIpc) is 3.54. The largest absolute Gasteiger partial charge is 0.370 e. The van der Waals surface area contributed by atoms with Crippen molar-refractivity contribution < 1.29 is 9.13 Å². The maximum Gasteiger partial charge on any atom is 0.228 e. The number of aromatic nitrogens is 5. The molecule has 8 heteroatoms. The summed E-state index contributed by atoms with van der Waals surface area (Å²) in [5.74, 6) is 0.243. The molecule has 33 heavy (non-hydrogen) atoms. The zero-order valence-corrected chi connectivity index (χ0v) is 18.7. The van der Waals surface area contributed by atoms with E-state index in [4.69, 9.17) is 14.7 Å². The highest BCUT2D eigenvalue weighted by Crippen LogP contribution is 2.36. The maximum atomic E-state index is 14.9. The van der Waals surface area contributed by atoms with Crippen molar-refractivity contribution in [2.75, 3.05) is 24.6 Å². The minimum Gasteiger partial charge on any atom is -0.370 e. The Bertz CT molecular complexity index is 1350. The van der Waals surface area contributed by atoms with Crippen LogP contribution >= 0.6 is 0 Å². The topological polar surface area (TPSA) is 69.0 Å². The Morgan fingerprint density at radius 3 is 2.76 bits per heavy atom. The van der Waals surface area contributed by atoms with Gasteiger partial charge in [0.1, 0.15) is 11.9 Å². The van der Waals surface area contributed by atoms with Crippen molar-refractivity contribution in [3.63, 3.8) is 0 Å². The van der Waals surface area contributed by atoms with E-state index >= 15 is 0 Å². The molecule has 1 saturated carbocycles. The van der Waals surface area contributed by atoms with Gasteiger partial charge < -0.3 is 9.64 Å². The molecule has 1 atom stereocenters. The van der Waals surface area contributed by atoms with Crippen molar-refractivity contribution in [3.05, 3.63) is 65.4 Å². The minimum atomic E-state index is -0.297. The third-order valence-corrected chi connectivity index (χ3v) is 6.33. The Hall–Kier alpha value is -3.39. The molecule has 1 aliphatic heterocycles. The molecule has 1 saturated heterocycles. The fourth-order valence-electron chi connectivity index (χ4n) is 4.34. The molecule has 0 unspecified atom stereocenters. The third kappa shape index (κ3) is 3.84. The van der Waals surface area contributed by atoms with Gasteiger partial charge in [-0.25, -0.2) is 14.4 Å². The number of anilines is 1. The molecule has 1 aromatic carbocycles. The molecular weight excluding hydrogens is 419 g/mol. The highest BCUT2D eigenvalue weighted by atomic mass is 19.1. The molecule has 0 amide bonds. The average molecular weight is 445 g/mol. The summed E-state index contributed by atoms with van der Waals surface area (Å²) in [5, 5.41) is 5.25. The first kappa shape index (κ1) is 20.2. The van der Waals surface area contributed by atoms with E-state index in [-0.39, 0.29) is 11.9 Å². The molecule has 2 aliphatic rings. The van der Waals surface area contributed by atoms with Crippen molar-refractivity contribution in [1.82, 2.24) is 24.7 Å². The van der Waals surface area contributed by atoms with E-state index in [0.717, 1.165) is 22.2 Å². The van der Waals surface area contributed by atoms with Crippen LogP contribution in [0.15, 0.2) is 42.7 Å². The second-order valence-electron chi connectivity index (χ2n) is 8.97. The fraction of sp³-hybridized carbons (Fsp3) is 0.360. The lowest BCUT2D eigenvalue weighted by Gasteiger charge is -2.32. The standard InChI is InChI=1S/C25H25FN6O/c1-15-3-7-19(21(26)11-15)23-20-8-4-16(2)28-24(20)30-25(29-23)31-9-10-33-22(14-31)17-12-27-32(13-17)18-5-6-18/h3-4,7-8,11-13,18,22H,5-6,9-10,14H2,1-2H3/t22-/m0/s1. The molecule has 1 aliphatic carbocycles. The van der Waals surface area contributed by atoms with Crippen molar-refractivity contribution in [2.45, 2.75) is 38.8 Å². The number of hydrogen-bond acceptors (Lipinski definition) is 6. The van der Waals surface area contributed by atoms with Crippen molar-refractivity contribution in [3.8, 4) is 11.3 Å². The normalized spacial score (nSPS) is 18.8. The summed E-state index contributed by atoms with van der Waals surface area (Å²) in [4.78, 5) is 16.3. The van der Waals surface area contributed by atoms with Crippen LogP contribution in [0.3, 0.4) is 0 Å². The predicted molar refractivity (Wildman–Crippen MR) is 124 cm³/mol. The third-order valence-electron chi connectivity index (χ3n) is 6.33. The fourth-order valence-corrected chi connectivity index (χ4v) is 4.34. The number of nitrogens with zero attached hydrogens (tertiary/aromatic N) is 6. The Morgan fingerprint density at radius 2 is 1.94 bits per heavy atom. The van der Waals surface area contributed by atoms with E-state index in [9.17, 15) is 4.39 Å². The first-order chi connectivity index (χ1) is 16.0. The Morgan fingerprint density at radius 1 is 1.06 bits per heavy atom. The van der Waals surface area contributed by atoms with Crippen LogP contribution in [-0.4, -0.2) is 44.4 Å². The number of ether oxygens (including phenoxy) is 1. The molecular formula is C25H25FN6O. The predicted octanol–water partition coefficient (Wildman–Crippen LogP) is 4.56. The van der Waals surface area contributed by atoms with Crippen LogP contribution in [-0.2, 0) is 4.74 Å². The lowest BCUT2D eigenvalue weighted by Crippen LogP contribution is -2.39. The van der Waals surface area contributed by atoms with Crippen LogP contribution in [0, 0.1) is 19.7 Å². The molecule has 3 aromatic heterocycles. The number of morpholine rings is 1. The molecule has 0 spiro atoms. The number of hydrogen-bond donors (Lipinski definition) is 0. The second kappa shape index (κ2) is 7.88. The summed E-state index contributed by atoms with van der Waals surface area (Å²) >= 11 is 0. The van der Waals surface area contributed by atoms with E-state index in [1.807, 2.05) is 42.9 Å². The van der Waals surface area contributed by atoms with E-state index in [2.05, 4.69) is 21.2 Å². The minimum absolute atomic E-state index is 0.115. The molecule has 2 fully saturated rings. The van der Waals surface area contributed by atoms with Gasteiger partial charge in [0.15, 0.2) is 5.65 Å². The van der Waals surface area contributed by atoms with Gasteiger partial charge in [0, 0.05) is 34.9 Å². The van der Waals surface area contributed by atoms with Gasteiger partial charge in [0.2, 0.25) is 5.95 Å². The van der Waals surface area contributed by atoms with E-state index in [1.165, 1.54) is 18.9 Å². The van der Waals surface area contributed by atoms with E-state index in [0.29, 0.717) is 48.6 Å². The van der Waals surface area contributed by atoms with Crippen LogP contribution in [0.25, 0.3) is 22.3 Å². The zero-order valence-electron chi connectivity index (χ0n) is 18.7. The van der Waals surface area contributed by atoms with Crippen LogP contribution in [0.5, 0.6) is 0 Å². The van der Waals surface area contributed by atoms with Crippen LogP contribution in [0.4, 0.5) is 10.3 Å². The van der Waals surface area contributed by atoms with Gasteiger partial charge in [0.05, 0.1) is 31.1 Å². The number of fused-ring (bicyclic) bond motifs is 1. The lowest BCUT2D eigenvalue weighted by atomic mass is 10.1. The van der Waals surface area contributed by atoms with Crippen LogP contribution < -0.4 is 4.90 Å². The number of aryl methyl sites for hydroxylation is 2. The zero-order chi connectivity index (χ0) is 22.5. The molecule has 7 nitrogen and oxygen atoms in total. The van der Waals surface area contributed by atoms with E-state index in [1.54, 1.807) is 6.07 Å². The number of pyridine rings is 1. The highest BCUT2D eigenvalue weighted by Gasteiger charge is 2.29. The second-order valence-corrected chi connectivity index (χ2v) is 8.97. The molecule has 4 aromatic rings. The molecule has 6 rings (SSSR count). The van der Waals surface area contributed by atoms with E-state index < -0.39 is 0 Å². The van der Waals surface area contributed by atoms with Crippen LogP contribution in [0.2, 0.25) is 0 Å². The van der Waals surface area contributed by atoms with Crippen LogP contribution in [0.1, 0.15) is 41.8 Å². The molecule has 0 radical (unpaired) electrons. The first-order valence-corrected chi connectivity index (χ1v) is 11.4. The summed E-state index contributed by atoms with van der Waals surface area (Å²) in [6.07, 6.45) is 6.25. The summed E-state index contributed by atoms with van der Waals surface area (Å²) in [6, 6.07) is 9.57. The Kier molecular flexibility index (Phi) is 4.83. The summed E-state index contributed by atoms with van der Waals surface area (Å²) in [5.41, 5.74) is 4.37. The monoisotopic (exact) mass is 444 g/mol. The van der Waals surface area contributed by atoms with Gasteiger partial charge in [-0.3, -0.25) is 4.68 Å². The highest BCUT2D eigenvalue weighted by molar-refractivity contribution is 5.91. The summed E-state index contributed by atoms with van der Waals surface area (Å²) < 4.78 is 23.0. The first-order valence-electron chi connectivity index (χ1n) is 11.4. The van der Waals surface area contributed by atoms with Crippen molar-refractivity contribution >= 4 is 17.0 Å². The summed E-state index contributed by atoms with van der Waals surface area (Å²) in [7, 11) is 0. The van der Waals surface area contributed by atoms with Crippen molar-refractivity contribution in [1.29, 1.82) is 0 Å². The quantitative estimate of drug-likeness (QED) is 0.460. The van der Waals surface area contributed by atoms with Gasteiger partial charge in [-0.1, -0.05) is 6.07 Å². The Balaban J connectivity index is 1.39. The van der Waals surface area contributed by atoms with Crippen molar-refractivity contribution in [2.24, 2.45) is 0 Å². The number of halogens is 1. The SMILES string of the molecule is Cc1ccc(-c2nc(N3CCO[C@H](c4cnn(C5CC5)c4)C3)nc3nc(C)ccc23)c(F)c1. The van der Waals surface area contributed by atoms with Gasteiger partial charge in [-0.15, -0.1) is 0 Å². The maximum absolute atomic E-state index is 14.9. The Labute approximate surface area is 191 Å². The molecule has 168 valence electrons. The van der Waals surface area contributed by atoms with Gasteiger partial charge in [-0.05, 0) is 56.5 Å². The lowest BCUT2D eigenvalue weighted by molar-refractivity contribution is 0.0392. The summed E-state index contributed by atoms with van der Waals surface area (Å²) in [6.45, 7) is 5.61. The molecule has 4 heterocycles. The molecule has 0 bridgehead atoms. The smallest absolute Gasteiger partial charge is 0.228 e.